The second kappa shape index (κ2) is 9.26. The number of methoxy groups -OCH3 is 1. The lowest BCUT2D eigenvalue weighted by atomic mass is 9.94. The van der Waals surface area contributed by atoms with Gasteiger partial charge in [-0.2, -0.15) is 13.2 Å². The summed E-state index contributed by atoms with van der Waals surface area (Å²) in [6.07, 6.45) is 3.05. The van der Waals surface area contributed by atoms with Crippen LogP contribution in [0.1, 0.15) is 38.2 Å². The molecule has 7 heteroatoms. The summed E-state index contributed by atoms with van der Waals surface area (Å²) in [6, 6.07) is 5.38. The van der Waals surface area contributed by atoms with Crippen molar-refractivity contribution in [2.75, 3.05) is 12.4 Å². The van der Waals surface area contributed by atoms with Gasteiger partial charge in [0.05, 0.1) is 13.2 Å². The third-order valence-electron chi connectivity index (χ3n) is 4.61. The molecule has 0 aliphatic heterocycles. The number of allylic oxidation sites excluding steroid dienone is 2. The third kappa shape index (κ3) is 6.57. The van der Waals surface area contributed by atoms with Crippen molar-refractivity contribution < 1.29 is 17.9 Å². The van der Waals surface area contributed by atoms with Gasteiger partial charge in [-0.05, 0) is 54.2 Å². The van der Waals surface area contributed by atoms with Crippen molar-refractivity contribution in [2.45, 2.75) is 44.8 Å². The van der Waals surface area contributed by atoms with Crippen LogP contribution in [0.2, 0.25) is 0 Å². The summed E-state index contributed by atoms with van der Waals surface area (Å²) in [5, 5.41) is 6.80. The van der Waals surface area contributed by atoms with Crippen LogP contribution in [0.4, 0.5) is 18.9 Å². The zero-order chi connectivity index (χ0) is 20.0. The SMILES string of the molecule is COc1ccc(NC(=S)NC2C=CC=CC2C)c(C(C)CCC(F)(F)F)c1. The average Bonchev–Trinajstić information content (AvgIpc) is 2.61. The van der Waals surface area contributed by atoms with E-state index in [2.05, 4.69) is 23.6 Å². The van der Waals surface area contributed by atoms with Gasteiger partial charge in [0.2, 0.25) is 0 Å². The van der Waals surface area contributed by atoms with Crippen molar-refractivity contribution in [1.82, 2.24) is 5.32 Å². The fraction of sp³-hybridized carbons (Fsp3) is 0.450. The Labute approximate surface area is 163 Å². The highest BCUT2D eigenvalue weighted by molar-refractivity contribution is 7.80. The molecular weight excluding hydrogens is 373 g/mol. The molecule has 2 N–H and O–H groups in total. The van der Waals surface area contributed by atoms with Gasteiger partial charge in [-0.3, -0.25) is 0 Å². The van der Waals surface area contributed by atoms with Crippen LogP contribution < -0.4 is 15.4 Å². The smallest absolute Gasteiger partial charge is 0.389 e. The second-order valence-electron chi connectivity index (χ2n) is 6.76. The molecule has 0 spiro atoms. The summed E-state index contributed by atoms with van der Waals surface area (Å²) in [7, 11) is 1.53. The van der Waals surface area contributed by atoms with Crippen LogP contribution in [0.25, 0.3) is 0 Å². The van der Waals surface area contributed by atoms with E-state index in [-0.39, 0.29) is 24.3 Å². The fourth-order valence-corrected chi connectivity index (χ4v) is 3.18. The van der Waals surface area contributed by atoms with Crippen LogP contribution >= 0.6 is 12.2 Å². The molecule has 0 bridgehead atoms. The van der Waals surface area contributed by atoms with Crippen LogP contribution in [0.3, 0.4) is 0 Å². The van der Waals surface area contributed by atoms with E-state index in [1.165, 1.54) is 7.11 Å². The van der Waals surface area contributed by atoms with Crippen molar-refractivity contribution in [3.63, 3.8) is 0 Å². The predicted octanol–water partition coefficient (Wildman–Crippen LogP) is 5.56. The molecule has 27 heavy (non-hydrogen) atoms. The molecule has 0 saturated heterocycles. The van der Waals surface area contributed by atoms with Gasteiger partial charge < -0.3 is 15.4 Å². The first-order chi connectivity index (χ1) is 12.7. The molecule has 1 aliphatic carbocycles. The zero-order valence-electron chi connectivity index (χ0n) is 15.6. The predicted molar refractivity (Wildman–Crippen MR) is 107 cm³/mol. The molecule has 1 aromatic rings. The molecule has 0 saturated carbocycles. The quantitative estimate of drug-likeness (QED) is 0.615. The number of halogens is 3. The van der Waals surface area contributed by atoms with Crippen LogP contribution in [0, 0.1) is 5.92 Å². The first kappa shape index (κ1) is 21.3. The van der Waals surface area contributed by atoms with E-state index in [0.717, 1.165) is 5.56 Å². The van der Waals surface area contributed by atoms with Crippen molar-refractivity contribution in [3.05, 3.63) is 48.1 Å². The number of anilines is 1. The van der Waals surface area contributed by atoms with E-state index in [1.54, 1.807) is 25.1 Å². The lowest BCUT2D eigenvalue weighted by molar-refractivity contribution is -0.136. The highest BCUT2D eigenvalue weighted by Gasteiger charge is 2.28. The van der Waals surface area contributed by atoms with Gasteiger partial charge in [0, 0.05) is 12.1 Å². The Bertz CT molecular complexity index is 716. The summed E-state index contributed by atoms with van der Waals surface area (Å²) in [5.74, 6) is 0.585. The zero-order valence-corrected chi connectivity index (χ0v) is 16.5. The standard InChI is InChI=1S/C20H25F3N2OS/c1-13(10-11-20(21,22)23)16-12-15(26-3)8-9-18(16)25-19(27)24-17-7-5-4-6-14(17)2/h4-9,12-14,17H,10-11H2,1-3H3,(H2,24,25,27). The van der Waals surface area contributed by atoms with Crippen LogP contribution in [-0.2, 0) is 0 Å². The molecule has 3 atom stereocenters. The molecule has 1 aromatic carbocycles. The number of benzene rings is 1. The monoisotopic (exact) mass is 398 g/mol. The van der Waals surface area contributed by atoms with Crippen molar-refractivity contribution in [2.24, 2.45) is 5.92 Å². The Balaban J connectivity index is 2.11. The van der Waals surface area contributed by atoms with Crippen LogP contribution in [-0.4, -0.2) is 24.4 Å². The number of thiocarbonyl (C=S) groups is 1. The Morgan fingerprint density at radius 1 is 1.26 bits per heavy atom. The second-order valence-corrected chi connectivity index (χ2v) is 7.17. The maximum atomic E-state index is 12.6. The molecule has 0 radical (unpaired) electrons. The molecule has 148 valence electrons. The fourth-order valence-electron chi connectivity index (χ4n) is 2.93. The first-order valence-electron chi connectivity index (χ1n) is 8.87. The van der Waals surface area contributed by atoms with Gasteiger partial charge in [-0.15, -0.1) is 0 Å². The molecule has 2 rings (SSSR count). The van der Waals surface area contributed by atoms with Crippen LogP contribution in [0.5, 0.6) is 5.75 Å². The van der Waals surface area contributed by atoms with E-state index in [1.807, 2.05) is 18.2 Å². The number of hydrogen-bond acceptors (Lipinski definition) is 2. The number of rotatable bonds is 6. The van der Waals surface area contributed by atoms with Gasteiger partial charge in [-0.1, -0.05) is 38.2 Å². The summed E-state index contributed by atoms with van der Waals surface area (Å²) in [4.78, 5) is 0. The summed E-state index contributed by atoms with van der Waals surface area (Å²) >= 11 is 5.41. The average molecular weight is 398 g/mol. The summed E-state index contributed by atoms with van der Waals surface area (Å²) < 4.78 is 43.0. The highest BCUT2D eigenvalue weighted by Crippen LogP contribution is 2.34. The van der Waals surface area contributed by atoms with Gasteiger partial charge >= 0.3 is 6.18 Å². The van der Waals surface area contributed by atoms with Gasteiger partial charge in [0.1, 0.15) is 5.75 Å². The van der Waals surface area contributed by atoms with E-state index >= 15 is 0 Å². The Morgan fingerprint density at radius 3 is 2.59 bits per heavy atom. The lowest BCUT2D eigenvalue weighted by Gasteiger charge is -2.25. The Morgan fingerprint density at radius 2 is 1.96 bits per heavy atom. The topological polar surface area (TPSA) is 33.3 Å². The molecule has 3 nitrogen and oxygen atoms in total. The first-order valence-corrected chi connectivity index (χ1v) is 9.27. The molecule has 3 unspecified atom stereocenters. The maximum absolute atomic E-state index is 12.6. The Kier molecular flexibility index (Phi) is 7.30. The number of nitrogens with one attached hydrogen (secondary N) is 2. The van der Waals surface area contributed by atoms with Crippen molar-refractivity contribution >= 4 is 23.0 Å². The molecule has 0 fully saturated rings. The number of alkyl halides is 3. The molecule has 1 aliphatic rings. The normalized spacial score (nSPS) is 20.2. The van der Waals surface area contributed by atoms with E-state index < -0.39 is 12.6 Å². The van der Waals surface area contributed by atoms with Crippen LogP contribution in [0.15, 0.2) is 42.5 Å². The van der Waals surface area contributed by atoms with Gasteiger partial charge in [-0.25, -0.2) is 0 Å². The lowest BCUT2D eigenvalue weighted by Crippen LogP contribution is -2.40. The minimum atomic E-state index is -4.17. The van der Waals surface area contributed by atoms with Gasteiger partial charge in [0.15, 0.2) is 5.11 Å². The van der Waals surface area contributed by atoms with E-state index in [0.29, 0.717) is 16.5 Å². The minimum Gasteiger partial charge on any atom is -0.497 e. The van der Waals surface area contributed by atoms with E-state index in [4.69, 9.17) is 17.0 Å². The summed E-state index contributed by atoms with van der Waals surface area (Å²) in [6.45, 7) is 3.86. The Hall–Kier alpha value is -2.02. The van der Waals surface area contributed by atoms with Crippen molar-refractivity contribution in [3.8, 4) is 5.75 Å². The molecule has 0 aromatic heterocycles. The maximum Gasteiger partial charge on any atom is 0.389 e. The minimum absolute atomic E-state index is 0.00126. The molecule has 0 heterocycles. The highest BCUT2D eigenvalue weighted by atomic mass is 32.1. The van der Waals surface area contributed by atoms with E-state index in [9.17, 15) is 13.2 Å². The number of ether oxygens (including phenoxy) is 1. The van der Waals surface area contributed by atoms with Gasteiger partial charge in [0.25, 0.3) is 0 Å². The number of hydrogen-bond donors (Lipinski definition) is 2. The van der Waals surface area contributed by atoms with Crippen molar-refractivity contribution in [1.29, 1.82) is 0 Å². The summed E-state index contributed by atoms with van der Waals surface area (Å²) in [5.41, 5.74) is 1.43. The largest absolute Gasteiger partial charge is 0.497 e. The third-order valence-corrected chi connectivity index (χ3v) is 4.83. The molecule has 0 amide bonds. The molecular formula is C20H25F3N2OS.